The second-order valence-electron chi connectivity index (χ2n) is 7.75. The number of hydrogen-bond donors (Lipinski definition) is 0. The molecule has 0 N–H and O–H groups in total. The Morgan fingerprint density at radius 1 is 1.21 bits per heavy atom. The van der Waals surface area contributed by atoms with Crippen LogP contribution in [0.1, 0.15) is 24.6 Å². The van der Waals surface area contributed by atoms with Gasteiger partial charge >= 0.3 is 0 Å². The molecule has 2 fully saturated rings. The predicted molar refractivity (Wildman–Crippen MR) is 104 cm³/mol. The molecule has 0 aliphatic carbocycles. The van der Waals surface area contributed by atoms with Crippen LogP contribution in [-0.2, 0) is 9.53 Å². The molecule has 3 aromatic heterocycles. The van der Waals surface area contributed by atoms with E-state index < -0.39 is 0 Å². The number of aromatic nitrogens is 6. The van der Waals surface area contributed by atoms with Crippen LogP contribution in [0, 0.1) is 0 Å². The van der Waals surface area contributed by atoms with Crippen molar-refractivity contribution in [2.75, 3.05) is 39.8 Å². The standard InChI is InChI=1S/C19H24N8O2/c1-24-11-15(29-13-18(24)28)12-25-9-5-14(6-10-25)19-22-21-16-3-4-17(23-27(16)19)26-8-2-7-20-26/h2-4,7-8,14-15H,5-6,9-13H2,1H3. The second-order valence-corrected chi connectivity index (χ2v) is 7.75. The Morgan fingerprint density at radius 2 is 2.07 bits per heavy atom. The van der Waals surface area contributed by atoms with E-state index in [1.54, 1.807) is 15.8 Å². The molecule has 1 amide bonds. The summed E-state index contributed by atoms with van der Waals surface area (Å²) in [5.41, 5.74) is 0.752. The van der Waals surface area contributed by atoms with Gasteiger partial charge in [0, 0.05) is 38.4 Å². The van der Waals surface area contributed by atoms with Crippen LogP contribution < -0.4 is 0 Å². The molecular weight excluding hydrogens is 372 g/mol. The second kappa shape index (κ2) is 7.53. The third-order valence-corrected chi connectivity index (χ3v) is 5.77. The summed E-state index contributed by atoms with van der Waals surface area (Å²) in [6.45, 7) is 3.64. The van der Waals surface area contributed by atoms with E-state index in [2.05, 4.69) is 20.2 Å². The fourth-order valence-electron chi connectivity index (χ4n) is 4.11. The van der Waals surface area contributed by atoms with Gasteiger partial charge in [0.1, 0.15) is 6.61 Å². The summed E-state index contributed by atoms with van der Waals surface area (Å²) in [4.78, 5) is 15.7. The first-order valence-electron chi connectivity index (χ1n) is 9.97. The Kier molecular flexibility index (Phi) is 4.72. The average Bonchev–Trinajstić information content (AvgIpc) is 3.41. The number of likely N-dealkylation sites (tertiary alicyclic amines) is 1. The van der Waals surface area contributed by atoms with Crippen LogP contribution in [0.2, 0.25) is 0 Å². The van der Waals surface area contributed by atoms with Crippen LogP contribution in [0.15, 0.2) is 30.6 Å². The van der Waals surface area contributed by atoms with Crippen LogP contribution in [0.3, 0.4) is 0 Å². The van der Waals surface area contributed by atoms with Crippen LogP contribution in [0.4, 0.5) is 0 Å². The molecule has 0 bridgehead atoms. The number of rotatable bonds is 4. The minimum Gasteiger partial charge on any atom is -0.365 e. The van der Waals surface area contributed by atoms with Crippen molar-refractivity contribution in [1.82, 2.24) is 39.4 Å². The molecule has 5 heterocycles. The van der Waals surface area contributed by atoms with Gasteiger partial charge in [-0.1, -0.05) is 0 Å². The van der Waals surface area contributed by atoms with Crippen LogP contribution in [-0.4, -0.2) is 91.2 Å². The topological polar surface area (TPSA) is 93.7 Å². The van der Waals surface area contributed by atoms with Gasteiger partial charge in [0.2, 0.25) is 5.91 Å². The molecule has 0 radical (unpaired) electrons. The van der Waals surface area contributed by atoms with Crippen molar-refractivity contribution < 1.29 is 9.53 Å². The molecule has 29 heavy (non-hydrogen) atoms. The summed E-state index contributed by atoms with van der Waals surface area (Å²) in [5.74, 6) is 2.03. The Morgan fingerprint density at radius 3 is 2.83 bits per heavy atom. The summed E-state index contributed by atoms with van der Waals surface area (Å²) in [6.07, 6.45) is 5.68. The van der Waals surface area contributed by atoms with Gasteiger partial charge in [-0.3, -0.25) is 4.79 Å². The van der Waals surface area contributed by atoms with Crippen molar-refractivity contribution in [2.24, 2.45) is 0 Å². The summed E-state index contributed by atoms with van der Waals surface area (Å²) in [7, 11) is 1.84. The fraction of sp³-hybridized carbons (Fsp3) is 0.526. The van der Waals surface area contributed by atoms with Gasteiger partial charge in [0.15, 0.2) is 17.3 Å². The highest BCUT2D eigenvalue weighted by molar-refractivity contribution is 5.77. The van der Waals surface area contributed by atoms with E-state index >= 15 is 0 Å². The molecule has 10 nitrogen and oxygen atoms in total. The average molecular weight is 396 g/mol. The quantitative estimate of drug-likeness (QED) is 0.628. The molecule has 0 saturated carbocycles. The number of carbonyl (C=O) groups is 1. The Bertz CT molecular complexity index is 993. The van der Waals surface area contributed by atoms with E-state index in [-0.39, 0.29) is 18.6 Å². The summed E-state index contributed by atoms with van der Waals surface area (Å²) < 4.78 is 9.27. The zero-order chi connectivity index (χ0) is 19.8. The lowest BCUT2D eigenvalue weighted by Gasteiger charge is -2.36. The number of carbonyl (C=O) groups excluding carboxylic acids is 1. The molecule has 2 aliphatic heterocycles. The van der Waals surface area contributed by atoms with Gasteiger partial charge in [0.25, 0.3) is 0 Å². The van der Waals surface area contributed by atoms with Gasteiger partial charge < -0.3 is 14.5 Å². The third kappa shape index (κ3) is 3.60. The van der Waals surface area contributed by atoms with E-state index in [1.165, 1.54) is 0 Å². The minimum absolute atomic E-state index is 0.0561. The maximum Gasteiger partial charge on any atom is 0.248 e. The monoisotopic (exact) mass is 396 g/mol. The Balaban J connectivity index is 1.25. The zero-order valence-electron chi connectivity index (χ0n) is 16.4. The number of nitrogens with zero attached hydrogens (tertiary/aromatic N) is 8. The minimum atomic E-state index is 0.0561. The molecule has 1 atom stereocenters. The first-order valence-corrected chi connectivity index (χ1v) is 9.97. The van der Waals surface area contributed by atoms with Gasteiger partial charge in [-0.25, -0.2) is 4.68 Å². The number of likely N-dealkylation sites (N-methyl/N-ethyl adjacent to an activating group) is 1. The Labute approximate surface area is 168 Å². The van der Waals surface area contributed by atoms with E-state index in [1.807, 2.05) is 36.0 Å². The van der Waals surface area contributed by atoms with Crippen LogP contribution in [0.5, 0.6) is 0 Å². The number of hydrogen-bond acceptors (Lipinski definition) is 7. The van der Waals surface area contributed by atoms with Crippen LogP contribution >= 0.6 is 0 Å². The molecule has 0 spiro atoms. The SMILES string of the molecule is CN1CC(CN2CCC(c3nnc4ccc(-n5cccn5)nn34)CC2)OCC1=O. The van der Waals surface area contributed by atoms with E-state index in [9.17, 15) is 4.79 Å². The number of ether oxygens (including phenoxy) is 1. The summed E-state index contributed by atoms with van der Waals surface area (Å²) in [6, 6.07) is 5.70. The van der Waals surface area contributed by atoms with E-state index in [4.69, 9.17) is 9.84 Å². The van der Waals surface area contributed by atoms with Crippen LogP contribution in [0.25, 0.3) is 11.5 Å². The van der Waals surface area contributed by atoms with Gasteiger partial charge in [-0.15, -0.1) is 15.3 Å². The van der Waals surface area contributed by atoms with Crippen molar-refractivity contribution >= 4 is 11.6 Å². The summed E-state index contributed by atoms with van der Waals surface area (Å²) >= 11 is 0. The molecular formula is C19H24N8O2. The lowest BCUT2D eigenvalue weighted by molar-refractivity contribution is -0.147. The maximum atomic E-state index is 11.6. The number of amides is 1. The lowest BCUT2D eigenvalue weighted by Crippen LogP contribution is -2.49. The molecule has 2 saturated heterocycles. The zero-order valence-corrected chi connectivity index (χ0v) is 16.4. The molecule has 3 aromatic rings. The molecule has 152 valence electrons. The van der Waals surface area contributed by atoms with Gasteiger partial charge in [-0.05, 0) is 44.1 Å². The Hall–Kier alpha value is -2.85. The molecule has 1 unspecified atom stereocenters. The smallest absolute Gasteiger partial charge is 0.248 e. The van der Waals surface area contributed by atoms with Crippen molar-refractivity contribution in [2.45, 2.75) is 24.9 Å². The highest BCUT2D eigenvalue weighted by atomic mass is 16.5. The van der Waals surface area contributed by atoms with Crippen molar-refractivity contribution in [3.05, 3.63) is 36.4 Å². The van der Waals surface area contributed by atoms with Crippen molar-refractivity contribution in [1.29, 1.82) is 0 Å². The lowest BCUT2D eigenvalue weighted by atomic mass is 9.96. The molecule has 0 aromatic carbocycles. The van der Waals surface area contributed by atoms with E-state index in [0.29, 0.717) is 12.5 Å². The first kappa shape index (κ1) is 18.2. The number of morpholine rings is 1. The fourth-order valence-corrected chi connectivity index (χ4v) is 4.11. The highest BCUT2D eigenvalue weighted by Gasteiger charge is 2.29. The number of piperidine rings is 1. The largest absolute Gasteiger partial charge is 0.365 e. The predicted octanol–water partition coefficient (Wildman–Crippen LogP) is 0.347. The van der Waals surface area contributed by atoms with Crippen molar-refractivity contribution in [3.8, 4) is 5.82 Å². The van der Waals surface area contributed by atoms with Crippen molar-refractivity contribution in [3.63, 3.8) is 0 Å². The first-order chi connectivity index (χ1) is 14.2. The molecule has 10 heteroatoms. The summed E-state index contributed by atoms with van der Waals surface area (Å²) in [5, 5.41) is 17.7. The normalized spacial score (nSPS) is 21.9. The number of fused-ring (bicyclic) bond motifs is 1. The van der Waals surface area contributed by atoms with Gasteiger partial charge in [0.05, 0.1) is 6.10 Å². The maximum absolute atomic E-state index is 11.6. The molecule has 5 rings (SSSR count). The third-order valence-electron chi connectivity index (χ3n) is 5.77. The van der Waals surface area contributed by atoms with Gasteiger partial charge in [-0.2, -0.15) is 9.61 Å². The van der Waals surface area contributed by atoms with E-state index in [0.717, 1.165) is 49.8 Å². The molecule has 2 aliphatic rings. The highest BCUT2D eigenvalue weighted by Crippen LogP contribution is 2.27.